The lowest BCUT2D eigenvalue weighted by Crippen LogP contribution is -2.48. The molecular weight excluding hydrogens is 388 g/mol. The molecule has 8 heteroatoms. The van der Waals surface area contributed by atoms with Crippen LogP contribution in [-0.4, -0.2) is 37.5 Å². The smallest absolute Gasteiger partial charge is 0.265 e. The summed E-state index contributed by atoms with van der Waals surface area (Å²) in [5.41, 5.74) is 1.37. The number of nitrogens with zero attached hydrogens (tertiary/aromatic N) is 1. The predicted molar refractivity (Wildman–Crippen MR) is 108 cm³/mol. The molecule has 1 amide bonds. The molecule has 2 unspecified atom stereocenters. The number of ether oxygens (including phenoxy) is 4. The molecule has 2 heterocycles. The van der Waals surface area contributed by atoms with E-state index in [1.54, 1.807) is 45.4 Å². The summed E-state index contributed by atoms with van der Waals surface area (Å²) in [4.78, 5) is 12.6. The second-order valence-electron chi connectivity index (χ2n) is 6.78. The summed E-state index contributed by atoms with van der Waals surface area (Å²) in [7, 11) is 3.15. The lowest BCUT2D eigenvalue weighted by Gasteiger charge is -2.30. The van der Waals surface area contributed by atoms with Crippen molar-refractivity contribution in [2.45, 2.75) is 25.7 Å². The van der Waals surface area contributed by atoms with Crippen LogP contribution in [0.1, 0.15) is 12.6 Å². The average Bonchev–Trinajstić information content (AvgIpc) is 3.25. The van der Waals surface area contributed by atoms with E-state index in [1.165, 1.54) is 0 Å². The fourth-order valence-corrected chi connectivity index (χ4v) is 3.21. The molecule has 8 nitrogen and oxygen atoms in total. The number of carbonyl (C=O) groups excluding carboxylic acids is 1. The van der Waals surface area contributed by atoms with Crippen LogP contribution in [0.15, 0.2) is 53.1 Å². The van der Waals surface area contributed by atoms with Crippen molar-refractivity contribution < 1.29 is 28.3 Å². The number of para-hydroxylation sites is 2. The number of carbonyl (C=O) groups is 1. The topological polar surface area (TPSA) is 92.1 Å². The van der Waals surface area contributed by atoms with E-state index in [1.807, 2.05) is 24.3 Å². The highest BCUT2D eigenvalue weighted by molar-refractivity contribution is 5.82. The maximum Gasteiger partial charge on any atom is 0.265 e. The van der Waals surface area contributed by atoms with Crippen molar-refractivity contribution in [2.75, 3.05) is 14.2 Å². The maximum absolute atomic E-state index is 12.6. The number of hydrogen-bond donors (Lipinski definition) is 1. The van der Waals surface area contributed by atoms with Gasteiger partial charge >= 0.3 is 0 Å². The molecule has 1 N–H and O–H groups in total. The van der Waals surface area contributed by atoms with Gasteiger partial charge < -0.3 is 28.8 Å². The van der Waals surface area contributed by atoms with Crippen LogP contribution in [0.4, 0.5) is 0 Å². The first-order valence-electron chi connectivity index (χ1n) is 9.47. The molecule has 0 saturated heterocycles. The third-order valence-electron chi connectivity index (χ3n) is 4.77. The molecular formula is C22H22N2O6. The van der Waals surface area contributed by atoms with Crippen LogP contribution in [0.3, 0.4) is 0 Å². The summed E-state index contributed by atoms with van der Waals surface area (Å²) in [5.74, 6) is 2.66. The predicted octanol–water partition coefficient (Wildman–Crippen LogP) is 3.20. The fourth-order valence-electron chi connectivity index (χ4n) is 3.21. The number of methoxy groups -OCH3 is 2. The third kappa shape index (κ3) is 3.89. The number of aromatic nitrogens is 1. The Morgan fingerprint density at radius 2 is 1.77 bits per heavy atom. The first-order valence-corrected chi connectivity index (χ1v) is 9.47. The number of rotatable bonds is 6. The van der Waals surface area contributed by atoms with Gasteiger partial charge in [0.05, 0.1) is 20.8 Å². The van der Waals surface area contributed by atoms with Gasteiger partial charge in [-0.05, 0) is 37.3 Å². The molecule has 1 aliphatic heterocycles. The summed E-state index contributed by atoms with van der Waals surface area (Å²) in [6.07, 6.45) is -1.17. The summed E-state index contributed by atoms with van der Waals surface area (Å²) >= 11 is 0. The van der Waals surface area contributed by atoms with E-state index in [0.717, 1.165) is 5.56 Å². The number of benzene rings is 2. The summed E-state index contributed by atoms with van der Waals surface area (Å²) in [6.45, 7) is 2.00. The van der Waals surface area contributed by atoms with Gasteiger partial charge in [-0.1, -0.05) is 17.3 Å². The van der Waals surface area contributed by atoms with Crippen molar-refractivity contribution in [3.63, 3.8) is 0 Å². The quantitative estimate of drug-likeness (QED) is 0.667. The van der Waals surface area contributed by atoms with E-state index in [9.17, 15) is 4.79 Å². The molecule has 1 aliphatic rings. The Morgan fingerprint density at radius 3 is 2.50 bits per heavy atom. The highest BCUT2D eigenvalue weighted by Gasteiger charge is 2.33. The molecule has 156 valence electrons. The van der Waals surface area contributed by atoms with Gasteiger partial charge in [0.25, 0.3) is 5.91 Å². The van der Waals surface area contributed by atoms with E-state index in [0.29, 0.717) is 34.5 Å². The Morgan fingerprint density at radius 1 is 1.03 bits per heavy atom. The lowest BCUT2D eigenvalue weighted by atomic mass is 10.1. The molecule has 0 saturated carbocycles. The molecule has 2 atom stereocenters. The second kappa shape index (κ2) is 8.36. The highest BCUT2D eigenvalue weighted by atomic mass is 16.6. The van der Waals surface area contributed by atoms with Gasteiger partial charge in [0.1, 0.15) is 11.8 Å². The molecule has 2 aromatic carbocycles. The second-order valence-corrected chi connectivity index (χ2v) is 6.78. The van der Waals surface area contributed by atoms with Crippen molar-refractivity contribution in [1.29, 1.82) is 0 Å². The first kappa shape index (κ1) is 19.6. The van der Waals surface area contributed by atoms with Gasteiger partial charge in [0.2, 0.25) is 6.10 Å². The van der Waals surface area contributed by atoms with E-state index >= 15 is 0 Å². The van der Waals surface area contributed by atoms with Gasteiger partial charge in [0.15, 0.2) is 28.8 Å². The molecule has 0 aliphatic carbocycles. The van der Waals surface area contributed by atoms with Gasteiger partial charge in [-0.3, -0.25) is 4.79 Å². The Labute approximate surface area is 173 Å². The van der Waals surface area contributed by atoms with Crippen molar-refractivity contribution in [2.24, 2.45) is 0 Å². The zero-order valence-electron chi connectivity index (χ0n) is 16.9. The minimum absolute atomic E-state index is 0.198. The summed E-state index contributed by atoms with van der Waals surface area (Å²) in [5, 5.41) is 6.85. The van der Waals surface area contributed by atoms with Crippen molar-refractivity contribution >= 4 is 5.91 Å². The number of hydrogen-bond acceptors (Lipinski definition) is 7. The fraction of sp³-hybridized carbons (Fsp3) is 0.273. The maximum atomic E-state index is 12.6. The molecule has 0 radical (unpaired) electrons. The van der Waals surface area contributed by atoms with E-state index in [-0.39, 0.29) is 12.5 Å². The van der Waals surface area contributed by atoms with Crippen LogP contribution in [0.25, 0.3) is 11.3 Å². The Kier molecular flexibility index (Phi) is 5.47. The van der Waals surface area contributed by atoms with Gasteiger partial charge in [-0.25, -0.2) is 0 Å². The zero-order chi connectivity index (χ0) is 21.1. The normalized spacial score (nSPS) is 17.3. The lowest BCUT2D eigenvalue weighted by molar-refractivity contribution is -0.133. The van der Waals surface area contributed by atoms with Crippen LogP contribution in [0.5, 0.6) is 23.0 Å². The molecule has 0 spiro atoms. The SMILES string of the molecule is COc1ccc(-c2cc(CNC(=O)C3Oc4ccccc4OC3C)no2)cc1OC. The Hall–Kier alpha value is -3.68. The van der Waals surface area contributed by atoms with E-state index in [4.69, 9.17) is 23.5 Å². The van der Waals surface area contributed by atoms with Crippen molar-refractivity contribution in [3.8, 4) is 34.3 Å². The first-order chi connectivity index (χ1) is 14.6. The largest absolute Gasteiger partial charge is 0.493 e. The van der Waals surface area contributed by atoms with E-state index < -0.39 is 12.2 Å². The Balaban J connectivity index is 1.41. The van der Waals surface area contributed by atoms with Gasteiger partial charge in [0, 0.05) is 11.6 Å². The molecule has 1 aromatic heterocycles. The molecule has 30 heavy (non-hydrogen) atoms. The standard InChI is InChI=1S/C22H22N2O6/c1-13-21(29-18-7-5-4-6-17(18)28-13)22(25)23-12-15-11-19(30-24-15)14-8-9-16(26-2)20(10-14)27-3/h4-11,13,21H,12H2,1-3H3,(H,23,25). The van der Waals surface area contributed by atoms with Crippen molar-refractivity contribution in [1.82, 2.24) is 10.5 Å². The third-order valence-corrected chi connectivity index (χ3v) is 4.77. The average molecular weight is 410 g/mol. The minimum atomic E-state index is -0.753. The van der Waals surface area contributed by atoms with Gasteiger partial charge in [-0.15, -0.1) is 0 Å². The van der Waals surface area contributed by atoms with E-state index in [2.05, 4.69) is 10.5 Å². The molecule has 4 rings (SSSR count). The van der Waals surface area contributed by atoms with Crippen LogP contribution >= 0.6 is 0 Å². The van der Waals surface area contributed by atoms with Crippen molar-refractivity contribution in [3.05, 3.63) is 54.2 Å². The number of fused-ring (bicyclic) bond motifs is 1. The van der Waals surface area contributed by atoms with Crippen LogP contribution in [-0.2, 0) is 11.3 Å². The van der Waals surface area contributed by atoms with Gasteiger partial charge in [-0.2, -0.15) is 0 Å². The minimum Gasteiger partial charge on any atom is -0.493 e. The summed E-state index contributed by atoms with van der Waals surface area (Å²) < 4.78 is 27.6. The highest BCUT2D eigenvalue weighted by Crippen LogP contribution is 2.34. The van der Waals surface area contributed by atoms with Crippen LogP contribution < -0.4 is 24.3 Å². The molecule has 3 aromatic rings. The Bertz CT molecular complexity index is 1050. The molecule has 0 bridgehead atoms. The van der Waals surface area contributed by atoms with Crippen LogP contribution in [0, 0.1) is 0 Å². The number of amides is 1. The zero-order valence-corrected chi connectivity index (χ0v) is 16.9. The van der Waals surface area contributed by atoms with Crippen LogP contribution in [0.2, 0.25) is 0 Å². The monoisotopic (exact) mass is 410 g/mol. The molecule has 0 fully saturated rings. The number of nitrogens with one attached hydrogen (secondary N) is 1. The summed E-state index contributed by atoms with van der Waals surface area (Å²) in [6, 6.07) is 14.5.